The van der Waals surface area contributed by atoms with Crippen LogP contribution in [0.25, 0.3) is 0 Å². The van der Waals surface area contributed by atoms with E-state index in [-0.39, 0.29) is 10.0 Å². The van der Waals surface area contributed by atoms with Gasteiger partial charge in [0.1, 0.15) is 23.7 Å². The van der Waals surface area contributed by atoms with Crippen molar-refractivity contribution in [1.29, 1.82) is 0 Å². The summed E-state index contributed by atoms with van der Waals surface area (Å²) in [4.78, 5) is 11.3. The third kappa shape index (κ3) is 2.88. The van der Waals surface area contributed by atoms with Gasteiger partial charge in [-0.3, -0.25) is 0 Å². The van der Waals surface area contributed by atoms with Crippen LogP contribution in [0.3, 0.4) is 0 Å². The van der Waals surface area contributed by atoms with Crippen LogP contribution in [-0.4, -0.2) is 13.4 Å². The van der Waals surface area contributed by atoms with E-state index in [4.69, 9.17) is 4.74 Å². The lowest BCUT2D eigenvalue weighted by Crippen LogP contribution is -2.06. The highest BCUT2D eigenvalue weighted by atomic mass is 79.9. The normalized spacial score (nSPS) is 12.0. The van der Waals surface area contributed by atoms with Crippen LogP contribution in [0.1, 0.15) is 17.0 Å². The number of ether oxygens (including phenoxy) is 1. The Hall–Kier alpha value is -1.75. The lowest BCUT2D eigenvalue weighted by molar-refractivity contribution is -0.108. The molecule has 2 rings (SSSR count). The zero-order valence-electron chi connectivity index (χ0n) is 10.6. The average molecular weight is 341 g/mol. The summed E-state index contributed by atoms with van der Waals surface area (Å²) in [6.07, 6.45) is 0.630. The smallest absolute Gasteiger partial charge is 0.140 e. The van der Waals surface area contributed by atoms with E-state index in [1.54, 1.807) is 24.3 Å². The van der Waals surface area contributed by atoms with Gasteiger partial charge in [-0.15, -0.1) is 0 Å². The number of hydrogen-bond donors (Lipinski definition) is 0. The molecule has 0 N–H and O–H groups in total. The van der Waals surface area contributed by atoms with Gasteiger partial charge < -0.3 is 9.53 Å². The molecule has 0 bridgehead atoms. The first-order chi connectivity index (χ1) is 9.56. The van der Waals surface area contributed by atoms with Crippen molar-refractivity contribution in [1.82, 2.24) is 0 Å². The molecule has 0 aliphatic heterocycles. The maximum atomic E-state index is 13.9. The Morgan fingerprint density at radius 2 is 1.80 bits per heavy atom. The molecule has 0 saturated carbocycles. The summed E-state index contributed by atoms with van der Waals surface area (Å²) < 4.78 is 32.2. The van der Waals surface area contributed by atoms with Gasteiger partial charge in [0.25, 0.3) is 0 Å². The van der Waals surface area contributed by atoms with Gasteiger partial charge in [0.05, 0.1) is 17.5 Å². The fourth-order valence-electron chi connectivity index (χ4n) is 1.92. The van der Waals surface area contributed by atoms with E-state index in [1.165, 1.54) is 13.2 Å². The summed E-state index contributed by atoms with van der Waals surface area (Å²) in [6, 6.07) is 8.77. The maximum Gasteiger partial charge on any atom is 0.140 e. The van der Waals surface area contributed by atoms with E-state index in [2.05, 4.69) is 15.9 Å². The number of aldehydes is 1. The van der Waals surface area contributed by atoms with Crippen molar-refractivity contribution in [2.24, 2.45) is 0 Å². The first-order valence-electron chi connectivity index (χ1n) is 5.80. The van der Waals surface area contributed by atoms with E-state index < -0.39 is 17.6 Å². The average Bonchev–Trinajstić information content (AvgIpc) is 2.46. The van der Waals surface area contributed by atoms with Crippen LogP contribution in [0.2, 0.25) is 0 Å². The van der Waals surface area contributed by atoms with E-state index in [9.17, 15) is 13.6 Å². The second kappa shape index (κ2) is 6.13. The second-order valence-corrected chi connectivity index (χ2v) is 5.03. The fourth-order valence-corrected chi connectivity index (χ4v) is 2.28. The van der Waals surface area contributed by atoms with Gasteiger partial charge in [-0.05, 0) is 39.7 Å². The van der Waals surface area contributed by atoms with Crippen LogP contribution in [0.15, 0.2) is 40.9 Å². The molecule has 0 saturated heterocycles. The van der Waals surface area contributed by atoms with Crippen LogP contribution in [0.5, 0.6) is 5.75 Å². The zero-order chi connectivity index (χ0) is 14.7. The van der Waals surface area contributed by atoms with E-state index >= 15 is 0 Å². The summed E-state index contributed by atoms with van der Waals surface area (Å²) in [6.45, 7) is 0. The molecule has 0 amide bonds. The van der Waals surface area contributed by atoms with Gasteiger partial charge in [0.15, 0.2) is 0 Å². The molecule has 2 nitrogen and oxygen atoms in total. The van der Waals surface area contributed by atoms with Gasteiger partial charge in [-0.1, -0.05) is 12.1 Å². The second-order valence-electron chi connectivity index (χ2n) is 4.17. The summed E-state index contributed by atoms with van der Waals surface area (Å²) in [5.41, 5.74) is 0.733. The van der Waals surface area contributed by atoms with E-state index in [0.717, 1.165) is 6.07 Å². The summed E-state index contributed by atoms with van der Waals surface area (Å²) >= 11 is 3.00. The van der Waals surface area contributed by atoms with Crippen LogP contribution in [-0.2, 0) is 4.79 Å². The number of methoxy groups -OCH3 is 1. The molecule has 0 aliphatic carbocycles. The minimum absolute atomic E-state index is 0.120. The van der Waals surface area contributed by atoms with Crippen molar-refractivity contribution in [3.05, 3.63) is 63.6 Å². The minimum atomic E-state index is -0.794. The van der Waals surface area contributed by atoms with E-state index in [0.29, 0.717) is 17.6 Å². The molecule has 2 aromatic rings. The molecule has 1 atom stereocenters. The number of halogens is 3. The lowest BCUT2D eigenvalue weighted by Gasteiger charge is -2.13. The highest BCUT2D eigenvalue weighted by molar-refractivity contribution is 9.10. The number of carbonyl (C=O) groups excluding carboxylic acids is 1. The van der Waals surface area contributed by atoms with Gasteiger partial charge in [0.2, 0.25) is 0 Å². The molecule has 20 heavy (non-hydrogen) atoms. The molecule has 0 heterocycles. The Morgan fingerprint density at radius 3 is 2.35 bits per heavy atom. The predicted octanol–water partition coefficient (Wildman–Crippen LogP) is 4.07. The molecular weight excluding hydrogens is 330 g/mol. The molecule has 0 fully saturated rings. The van der Waals surface area contributed by atoms with Crippen molar-refractivity contribution in [3.63, 3.8) is 0 Å². The van der Waals surface area contributed by atoms with Crippen molar-refractivity contribution < 1.29 is 18.3 Å². The molecule has 0 aliphatic rings. The molecule has 0 spiro atoms. The van der Waals surface area contributed by atoms with Crippen molar-refractivity contribution in [2.45, 2.75) is 5.92 Å². The summed E-state index contributed by atoms with van der Waals surface area (Å²) in [7, 11) is 1.53. The van der Waals surface area contributed by atoms with Gasteiger partial charge >= 0.3 is 0 Å². The van der Waals surface area contributed by atoms with Crippen molar-refractivity contribution in [2.75, 3.05) is 7.11 Å². The third-order valence-electron chi connectivity index (χ3n) is 2.99. The van der Waals surface area contributed by atoms with Crippen LogP contribution in [0, 0.1) is 11.6 Å². The fraction of sp³-hybridized carbons (Fsp3) is 0.133. The maximum absolute atomic E-state index is 13.9. The Morgan fingerprint density at radius 1 is 1.15 bits per heavy atom. The lowest BCUT2D eigenvalue weighted by atomic mass is 9.92. The molecule has 2 aromatic carbocycles. The quantitative estimate of drug-likeness (QED) is 0.619. The minimum Gasteiger partial charge on any atom is -0.497 e. The van der Waals surface area contributed by atoms with Gasteiger partial charge in [-0.25, -0.2) is 8.78 Å². The monoisotopic (exact) mass is 340 g/mol. The number of hydrogen-bond acceptors (Lipinski definition) is 2. The Bertz CT molecular complexity index is 627. The van der Waals surface area contributed by atoms with Crippen LogP contribution >= 0.6 is 15.9 Å². The molecule has 5 heteroatoms. The molecule has 104 valence electrons. The molecule has 0 aromatic heterocycles. The highest BCUT2D eigenvalue weighted by Crippen LogP contribution is 2.30. The van der Waals surface area contributed by atoms with Crippen LogP contribution in [0.4, 0.5) is 8.78 Å². The first kappa shape index (κ1) is 14.7. The van der Waals surface area contributed by atoms with Crippen molar-refractivity contribution in [3.8, 4) is 5.75 Å². The SMILES string of the molecule is COc1ccc(C(C=O)c2cc(Br)c(F)cc2F)cc1. The van der Waals surface area contributed by atoms with Gasteiger partial charge in [-0.2, -0.15) is 0 Å². The molecular formula is C15H11BrF2O2. The number of benzene rings is 2. The Kier molecular flexibility index (Phi) is 4.49. The Balaban J connectivity index is 2.46. The topological polar surface area (TPSA) is 26.3 Å². The predicted molar refractivity (Wildman–Crippen MR) is 75.0 cm³/mol. The standard InChI is InChI=1S/C15H11BrF2O2/c1-20-10-4-2-9(3-5-10)12(8-19)11-6-13(16)15(18)7-14(11)17/h2-8,12H,1H3. The first-order valence-corrected chi connectivity index (χ1v) is 6.59. The number of carbonyl (C=O) groups is 1. The Labute approximate surface area is 123 Å². The third-order valence-corrected chi connectivity index (χ3v) is 3.59. The van der Waals surface area contributed by atoms with Crippen LogP contribution < -0.4 is 4.74 Å². The van der Waals surface area contributed by atoms with Crippen molar-refractivity contribution >= 4 is 22.2 Å². The molecule has 1 unspecified atom stereocenters. The summed E-state index contributed by atoms with van der Waals surface area (Å²) in [5.74, 6) is -1.61. The largest absolute Gasteiger partial charge is 0.497 e. The summed E-state index contributed by atoms with van der Waals surface area (Å²) in [5, 5.41) is 0. The van der Waals surface area contributed by atoms with E-state index in [1.807, 2.05) is 0 Å². The zero-order valence-corrected chi connectivity index (χ0v) is 12.2. The number of rotatable bonds is 4. The van der Waals surface area contributed by atoms with Gasteiger partial charge in [0, 0.05) is 11.6 Å². The highest BCUT2D eigenvalue weighted by Gasteiger charge is 2.19. The molecule has 0 radical (unpaired) electrons.